The highest BCUT2D eigenvalue weighted by Crippen LogP contribution is 2.27. The van der Waals surface area contributed by atoms with E-state index in [2.05, 4.69) is 4.98 Å². The minimum Gasteiger partial charge on any atom is -0.437 e. The number of anilines is 1. The van der Waals surface area contributed by atoms with Crippen molar-refractivity contribution in [2.45, 2.75) is 6.92 Å². The normalized spacial score (nSPS) is 10.1. The molecule has 2 N–H and O–H groups in total. The molecular weight excluding hydrogens is 224 g/mol. The van der Waals surface area contributed by atoms with Crippen LogP contribution in [0, 0.1) is 6.92 Å². The second-order valence-electron chi connectivity index (χ2n) is 3.40. The molecule has 0 aliphatic heterocycles. The van der Waals surface area contributed by atoms with Gasteiger partial charge in [-0.05, 0) is 42.8 Å². The number of rotatable bonds is 2. The molecule has 0 saturated carbocycles. The van der Waals surface area contributed by atoms with E-state index >= 15 is 0 Å². The Hall–Kier alpha value is -1.74. The average molecular weight is 235 g/mol. The van der Waals surface area contributed by atoms with E-state index in [-0.39, 0.29) is 0 Å². The van der Waals surface area contributed by atoms with Crippen molar-refractivity contribution in [3.63, 3.8) is 0 Å². The van der Waals surface area contributed by atoms with Crippen molar-refractivity contribution in [3.8, 4) is 11.6 Å². The van der Waals surface area contributed by atoms with Crippen LogP contribution in [0.15, 0.2) is 36.5 Å². The molecular formula is C12H11ClN2O. The van der Waals surface area contributed by atoms with E-state index in [0.717, 1.165) is 5.56 Å². The van der Waals surface area contributed by atoms with Gasteiger partial charge in [-0.1, -0.05) is 11.6 Å². The van der Waals surface area contributed by atoms with Crippen molar-refractivity contribution >= 4 is 17.3 Å². The first-order valence-electron chi connectivity index (χ1n) is 4.81. The molecule has 1 aromatic carbocycles. The van der Waals surface area contributed by atoms with E-state index in [1.807, 2.05) is 13.0 Å². The van der Waals surface area contributed by atoms with E-state index in [9.17, 15) is 0 Å². The molecule has 0 bridgehead atoms. The number of aryl methyl sites for hydroxylation is 1. The van der Waals surface area contributed by atoms with Gasteiger partial charge in [-0.2, -0.15) is 0 Å². The zero-order valence-electron chi connectivity index (χ0n) is 8.77. The quantitative estimate of drug-likeness (QED) is 0.866. The molecule has 0 fully saturated rings. The van der Waals surface area contributed by atoms with Crippen LogP contribution in [-0.4, -0.2) is 4.98 Å². The van der Waals surface area contributed by atoms with Crippen LogP contribution in [0.3, 0.4) is 0 Å². The first-order valence-corrected chi connectivity index (χ1v) is 5.19. The summed E-state index contributed by atoms with van der Waals surface area (Å²) in [6.45, 7) is 1.91. The summed E-state index contributed by atoms with van der Waals surface area (Å²) in [5, 5.41) is 0.664. The van der Waals surface area contributed by atoms with Crippen LogP contribution in [0.5, 0.6) is 11.6 Å². The minimum absolute atomic E-state index is 0.419. The van der Waals surface area contributed by atoms with Crippen LogP contribution in [0.25, 0.3) is 0 Å². The van der Waals surface area contributed by atoms with Crippen LogP contribution in [-0.2, 0) is 0 Å². The zero-order valence-corrected chi connectivity index (χ0v) is 9.53. The van der Waals surface area contributed by atoms with Crippen LogP contribution in [0.4, 0.5) is 5.69 Å². The largest absolute Gasteiger partial charge is 0.437 e. The van der Waals surface area contributed by atoms with Gasteiger partial charge in [0.2, 0.25) is 5.88 Å². The van der Waals surface area contributed by atoms with Gasteiger partial charge in [0.25, 0.3) is 0 Å². The number of halogens is 1. The van der Waals surface area contributed by atoms with Gasteiger partial charge in [-0.25, -0.2) is 4.98 Å². The van der Waals surface area contributed by atoms with Crippen molar-refractivity contribution in [1.82, 2.24) is 4.98 Å². The zero-order chi connectivity index (χ0) is 11.5. The fraction of sp³-hybridized carbons (Fsp3) is 0.0833. The number of hydrogen-bond acceptors (Lipinski definition) is 3. The minimum atomic E-state index is 0.419. The number of pyridine rings is 1. The van der Waals surface area contributed by atoms with Crippen molar-refractivity contribution in [2.75, 3.05) is 5.73 Å². The molecule has 0 unspecified atom stereocenters. The highest BCUT2D eigenvalue weighted by atomic mass is 35.5. The summed E-state index contributed by atoms with van der Waals surface area (Å²) in [5.74, 6) is 1.08. The molecule has 0 aliphatic carbocycles. The Bertz CT molecular complexity index is 497. The standard InChI is InChI=1S/C12H11ClN2O/c1-8-6-7-15-12(11(8)14)16-10-4-2-9(13)3-5-10/h2-7H,14H2,1H3. The van der Waals surface area contributed by atoms with Crippen molar-refractivity contribution in [2.24, 2.45) is 0 Å². The number of nitrogens with zero attached hydrogens (tertiary/aromatic N) is 1. The summed E-state index contributed by atoms with van der Waals surface area (Å²) >= 11 is 5.78. The molecule has 0 atom stereocenters. The SMILES string of the molecule is Cc1ccnc(Oc2ccc(Cl)cc2)c1N. The number of nitrogens with two attached hydrogens (primary N) is 1. The number of ether oxygens (including phenoxy) is 1. The predicted octanol–water partition coefficient (Wildman–Crippen LogP) is 3.42. The van der Waals surface area contributed by atoms with Crippen LogP contribution < -0.4 is 10.5 Å². The predicted molar refractivity (Wildman–Crippen MR) is 64.9 cm³/mol. The van der Waals surface area contributed by atoms with Gasteiger partial charge >= 0.3 is 0 Å². The summed E-state index contributed by atoms with van der Waals surface area (Å²) < 4.78 is 5.55. The maximum atomic E-state index is 5.85. The fourth-order valence-corrected chi connectivity index (χ4v) is 1.37. The number of benzene rings is 1. The summed E-state index contributed by atoms with van der Waals surface area (Å²) in [6.07, 6.45) is 1.66. The Morgan fingerprint density at radius 2 is 1.88 bits per heavy atom. The lowest BCUT2D eigenvalue weighted by atomic mass is 10.2. The Balaban J connectivity index is 2.27. The molecule has 0 saturated heterocycles. The Morgan fingerprint density at radius 3 is 2.56 bits per heavy atom. The van der Waals surface area contributed by atoms with Gasteiger partial charge in [-0.15, -0.1) is 0 Å². The number of nitrogen functional groups attached to an aromatic ring is 1. The van der Waals surface area contributed by atoms with Gasteiger partial charge in [0, 0.05) is 11.2 Å². The molecule has 0 spiro atoms. The molecule has 1 heterocycles. The van der Waals surface area contributed by atoms with E-state index in [4.69, 9.17) is 22.1 Å². The Morgan fingerprint density at radius 1 is 1.19 bits per heavy atom. The molecule has 1 aromatic heterocycles. The van der Waals surface area contributed by atoms with E-state index in [0.29, 0.717) is 22.3 Å². The smallest absolute Gasteiger partial charge is 0.242 e. The first-order chi connectivity index (χ1) is 7.66. The molecule has 3 nitrogen and oxygen atoms in total. The highest BCUT2D eigenvalue weighted by Gasteiger charge is 2.05. The average Bonchev–Trinajstić information content (AvgIpc) is 2.28. The van der Waals surface area contributed by atoms with Gasteiger partial charge in [-0.3, -0.25) is 0 Å². The topological polar surface area (TPSA) is 48.1 Å². The Labute approximate surface area is 98.8 Å². The maximum absolute atomic E-state index is 5.85. The third kappa shape index (κ3) is 2.25. The second kappa shape index (κ2) is 4.41. The molecule has 2 rings (SSSR count). The van der Waals surface area contributed by atoms with Gasteiger partial charge in [0.15, 0.2) is 0 Å². The van der Waals surface area contributed by atoms with Gasteiger partial charge in [0.05, 0.1) is 5.69 Å². The van der Waals surface area contributed by atoms with Gasteiger partial charge < -0.3 is 10.5 Å². The fourth-order valence-electron chi connectivity index (χ4n) is 1.24. The molecule has 0 radical (unpaired) electrons. The summed E-state index contributed by atoms with van der Waals surface area (Å²) in [7, 11) is 0. The second-order valence-corrected chi connectivity index (χ2v) is 3.84. The van der Waals surface area contributed by atoms with Crippen molar-refractivity contribution in [1.29, 1.82) is 0 Å². The number of hydrogen-bond donors (Lipinski definition) is 1. The lowest BCUT2D eigenvalue weighted by molar-refractivity contribution is 0.465. The lowest BCUT2D eigenvalue weighted by Gasteiger charge is -2.08. The summed E-state index contributed by atoms with van der Waals surface area (Å²) in [6, 6.07) is 8.88. The highest BCUT2D eigenvalue weighted by molar-refractivity contribution is 6.30. The van der Waals surface area contributed by atoms with E-state index in [1.54, 1.807) is 30.5 Å². The molecule has 4 heteroatoms. The molecule has 16 heavy (non-hydrogen) atoms. The van der Waals surface area contributed by atoms with Crippen molar-refractivity contribution in [3.05, 3.63) is 47.1 Å². The lowest BCUT2D eigenvalue weighted by Crippen LogP contribution is -1.96. The third-order valence-electron chi connectivity index (χ3n) is 2.20. The molecule has 2 aromatic rings. The van der Waals surface area contributed by atoms with Gasteiger partial charge in [0.1, 0.15) is 5.75 Å². The van der Waals surface area contributed by atoms with E-state index < -0.39 is 0 Å². The third-order valence-corrected chi connectivity index (χ3v) is 2.45. The monoisotopic (exact) mass is 234 g/mol. The summed E-state index contributed by atoms with van der Waals surface area (Å²) in [5.41, 5.74) is 7.34. The molecule has 0 aliphatic rings. The van der Waals surface area contributed by atoms with E-state index in [1.165, 1.54) is 0 Å². The number of aromatic nitrogens is 1. The van der Waals surface area contributed by atoms with Crippen LogP contribution in [0.2, 0.25) is 5.02 Å². The molecule has 0 amide bonds. The van der Waals surface area contributed by atoms with Crippen molar-refractivity contribution < 1.29 is 4.74 Å². The van der Waals surface area contributed by atoms with Crippen LogP contribution >= 0.6 is 11.6 Å². The van der Waals surface area contributed by atoms with Crippen LogP contribution in [0.1, 0.15) is 5.56 Å². The Kier molecular flexibility index (Phi) is 2.97. The first kappa shape index (κ1) is 10.8. The maximum Gasteiger partial charge on any atom is 0.242 e. The molecule has 82 valence electrons. The summed E-state index contributed by atoms with van der Waals surface area (Å²) in [4.78, 5) is 4.08.